The van der Waals surface area contributed by atoms with E-state index in [4.69, 9.17) is 10.5 Å². The summed E-state index contributed by atoms with van der Waals surface area (Å²) in [6.45, 7) is 3.04. The molecule has 0 bridgehead atoms. The van der Waals surface area contributed by atoms with E-state index in [9.17, 15) is 9.18 Å². The summed E-state index contributed by atoms with van der Waals surface area (Å²) in [5.41, 5.74) is 6.91. The number of ether oxygens (including phenoxy) is 1. The number of likely N-dealkylation sites (N-methyl/N-ethyl adjacent to an activating group) is 1. The first kappa shape index (κ1) is 17.6. The number of benzene rings is 1. The molecule has 118 valence electrons. The molecule has 0 heterocycles. The highest BCUT2D eigenvalue weighted by atomic mass is 19.1. The van der Waals surface area contributed by atoms with Gasteiger partial charge in [0, 0.05) is 25.7 Å². The van der Waals surface area contributed by atoms with Gasteiger partial charge in [-0.3, -0.25) is 9.69 Å². The van der Waals surface area contributed by atoms with Gasteiger partial charge in [-0.2, -0.15) is 0 Å². The predicted molar refractivity (Wildman–Crippen MR) is 80.3 cm³/mol. The van der Waals surface area contributed by atoms with Gasteiger partial charge in [-0.05, 0) is 31.7 Å². The summed E-state index contributed by atoms with van der Waals surface area (Å²) in [6, 6.07) is 5.85. The minimum atomic E-state index is -0.290. The first-order valence-corrected chi connectivity index (χ1v) is 6.92. The van der Waals surface area contributed by atoms with Crippen molar-refractivity contribution in [3.63, 3.8) is 0 Å². The molecule has 0 saturated heterocycles. The Hall–Kier alpha value is -1.50. The van der Waals surface area contributed by atoms with Gasteiger partial charge in [0.25, 0.3) is 0 Å². The highest BCUT2D eigenvalue weighted by Gasteiger charge is 2.22. The molecule has 0 radical (unpaired) electrons. The third-order valence-electron chi connectivity index (χ3n) is 3.21. The van der Waals surface area contributed by atoms with Crippen molar-refractivity contribution in [1.29, 1.82) is 0 Å². The zero-order chi connectivity index (χ0) is 15.8. The van der Waals surface area contributed by atoms with Crippen LogP contribution in [-0.2, 0) is 9.53 Å². The number of nitrogens with zero attached hydrogens (tertiary/aromatic N) is 1. The molecule has 6 heteroatoms. The topological polar surface area (TPSA) is 67.6 Å². The van der Waals surface area contributed by atoms with Gasteiger partial charge >= 0.3 is 0 Å². The molecule has 5 nitrogen and oxygen atoms in total. The molecular weight excluding hydrogens is 273 g/mol. The number of carbonyl (C=O) groups excluding carboxylic acids is 1. The number of rotatable bonds is 8. The molecule has 2 atom stereocenters. The molecule has 0 aliphatic rings. The van der Waals surface area contributed by atoms with Crippen molar-refractivity contribution in [3.8, 4) is 0 Å². The summed E-state index contributed by atoms with van der Waals surface area (Å²) < 4.78 is 17.9. The number of nitrogens with two attached hydrogens (primary N) is 1. The molecule has 0 fully saturated rings. The van der Waals surface area contributed by atoms with E-state index in [2.05, 4.69) is 5.32 Å². The van der Waals surface area contributed by atoms with Crippen LogP contribution in [0, 0.1) is 5.82 Å². The summed E-state index contributed by atoms with van der Waals surface area (Å²) >= 11 is 0. The molecule has 1 aromatic carbocycles. The molecule has 0 aromatic heterocycles. The number of hydrogen-bond donors (Lipinski definition) is 2. The molecule has 0 spiro atoms. The molecule has 1 rings (SSSR count). The van der Waals surface area contributed by atoms with Gasteiger partial charge < -0.3 is 15.8 Å². The van der Waals surface area contributed by atoms with Crippen LogP contribution in [0.2, 0.25) is 0 Å². The number of halogens is 1. The van der Waals surface area contributed by atoms with E-state index in [1.165, 1.54) is 12.1 Å². The Balaban J connectivity index is 2.67. The van der Waals surface area contributed by atoms with Gasteiger partial charge in [0.05, 0.1) is 13.2 Å². The Morgan fingerprint density at radius 2 is 2.05 bits per heavy atom. The van der Waals surface area contributed by atoms with E-state index in [1.807, 2.05) is 18.9 Å². The Kier molecular flexibility index (Phi) is 7.28. The smallest absolute Gasteiger partial charge is 0.234 e. The maximum Gasteiger partial charge on any atom is 0.234 e. The second kappa shape index (κ2) is 8.71. The van der Waals surface area contributed by atoms with E-state index < -0.39 is 0 Å². The lowest BCUT2D eigenvalue weighted by atomic mass is 9.99. The number of carbonyl (C=O) groups is 1. The molecule has 0 aliphatic carbocycles. The summed E-state index contributed by atoms with van der Waals surface area (Å²) in [6.07, 6.45) is 0. The van der Waals surface area contributed by atoms with Crippen LogP contribution in [0.25, 0.3) is 0 Å². The van der Waals surface area contributed by atoms with E-state index in [1.54, 1.807) is 19.2 Å². The lowest BCUT2D eigenvalue weighted by Gasteiger charge is -2.31. The Morgan fingerprint density at radius 1 is 1.43 bits per heavy atom. The Bertz CT molecular complexity index is 437. The van der Waals surface area contributed by atoms with E-state index in [0.717, 1.165) is 5.56 Å². The van der Waals surface area contributed by atoms with Crippen molar-refractivity contribution < 1.29 is 13.9 Å². The average Bonchev–Trinajstić information content (AvgIpc) is 2.41. The lowest BCUT2D eigenvalue weighted by Crippen LogP contribution is -2.43. The third kappa shape index (κ3) is 5.79. The van der Waals surface area contributed by atoms with Gasteiger partial charge in [0.15, 0.2) is 0 Å². The van der Waals surface area contributed by atoms with Crippen LogP contribution in [0.1, 0.15) is 18.5 Å². The van der Waals surface area contributed by atoms with Crippen LogP contribution >= 0.6 is 0 Å². The van der Waals surface area contributed by atoms with Crippen LogP contribution in [0.4, 0.5) is 4.39 Å². The monoisotopic (exact) mass is 297 g/mol. The van der Waals surface area contributed by atoms with E-state index in [0.29, 0.717) is 13.2 Å². The molecular formula is C15H24FN3O2. The molecule has 2 unspecified atom stereocenters. The van der Waals surface area contributed by atoms with Gasteiger partial charge in [0.2, 0.25) is 5.91 Å². The van der Waals surface area contributed by atoms with Crippen LogP contribution < -0.4 is 11.1 Å². The summed E-state index contributed by atoms with van der Waals surface area (Å²) in [5, 5.41) is 2.76. The number of hydrogen-bond acceptors (Lipinski definition) is 4. The van der Waals surface area contributed by atoms with Crippen molar-refractivity contribution in [2.24, 2.45) is 5.73 Å². The van der Waals surface area contributed by atoms with E-state index in [-0.39, 0.29) is 30.4 Å². The summed E-state index contributed by atoms with van der Waals surface area (Å²) in [7, 11) is 3.41. The number of amides is 1. The standard InChI is InChI=1S/C15H24FN3O2/c1-11(17)15(12-4-6-13(16)7-5-12)19(2)10-14(20)18-8-9-21-3/h4-7,11,15H,8-10,17H2,1-3H3,(H,18,20). The molecule has 1 aromatic rings. The van der Waals surface area contributed by atoms with Crippen LogP contribution in [0.15, 0.2) is 24.3 Å². The molecule has 3 N–H and O–H groups in total. The van der Waals surface area contributed by atoms with Crippen molar-refractivity contribution in [3.05, 3.63) is 35.6 Å². The highest BCUT2D eigenvalue weighted by molar-refractivity contribution is 5.78. The molecule has 0 saturated carbocycles. The molecule has 21 heavy (non-hydrogen) atoms. The van der Waals surface area contributed by atoms with Crippen molar-refractivity contribution in [2.75, 3.05) is 33.9 Å². The van der Waals surface area contributed by atoms with Gasteiger partial charge in [0.1, 0.15) is 5.82 Å². The van der Waals surface area contributed by atoms with E-state index >= 15 is 0 Å². The molecule has 0 aliphatic heterocycles. The fourth-order valence-corrected chi connectivity index (χ4v) is 2.29. The normalized spacial score (nSPS) is 14.0. The van der Waals surface area contributed by atoms with Gasteiger partial charge in [-0.25, -0.2) is 4.39 Å². The zero-order valence-electron chi connectivity index (χ0n) is 12.8. The first-order chi connectivity index (χ1) is 9.95. The minimum Gasteiger partial charge on any atom is -0.383 e. The lowest BCUT2D eigenvalue weighted by molar-refractivity contribution is -0.122. The first-order valence-electron chi connectivity index (χ1n) is 6.92. The number of methoxy groups -OCH3 is 1. The maximum atomic E-state index is 13.0. The van der Waals surface area contributed by atoms with Crippen molar-refractivity contribution in [1.82, 2.24) is 10.2 Å². The van der Waals surface area contributed by atoms with Gasteiger partial charge in [-0.15, -0.1) is 0 Å². The average molecular weight is 297 g/mol. The summed E-state index contributed by atoms with van der Waals surface area (Å²) in [4.78, 5) is 13.7. The number of nitrogens with one attached hydrogen (secondary N) is 1. The van der Waals surface area contributed by atoms with Crippen molar-refractivity contribution >= 4 is 5.91 Å². The quantitative estimate of drug-likeness (QED) is 0.700. The maximum absolute atomic E-state index is 13.0. The van der Waals surface area contributed by atoms with Gasteiger partial charge in [-0.1, -0.05) is 12.1 Å². The Morgan fingerprint density at radius 3 is 2.57 bits per heavy atom. The Labute approximate surface area is 125 Å². The van der Waals surface area contributed by atoms with Crippen LogP contribution in [-0.4, -0.2) is 50.7 Å². The zero-order valence-corrected chi connectivity index (χ0v) is 12.8. The second-order valence-electron chi connectivity index (χ2n) is 5.11. The van der Waals surface area contributed by atoms with Crippen LogP contribution in [0.3, 0.4) is 0 Å². The highest BCUT2D eigenvalue weighted by Crippen LogP contribution is 2.22. The third-order valence-corrected chi connectivity index (χ3v) is 3.21. The largest absolute Gasteiger partial charge is 0.383 e. The van der Waals surface area contributed by atoms with Crippen LogP contribution in [0.5, 0.6) is 0 Å². The SMILES string of the molecule is COCCNC(=O)CN(C)C(c1ccc(F)cc1)C(C)N. The van der Waals surface area contributed by atoms with Crippen molar-refractivity contribution in [2.45, 2.75) is 19.0 Å². The minimum absolute atomic E-state index is 0.0951. The fraction of sp³-hybridized carbons (Fsp3) is 0.533. The fourth-order valence-electron chi connectivity index (χ4n) is 2.29. The summed E-state index contributed by atoms with van der Waals surface area (Å²) in [5.74, 6) is -0.385. The molecule has 1 amide bonds. The predicted octanol–water partition coefficient (Wildman–Crippen LogP) is 0.908. The second-order valence-corrected chi connectivity index (χ2v) is 5.11.